The van der Waals surface area contributed by atoms with Crippen molar-refractivity contribution in [1.82, 2.24) is 4.90 Å². The van der Waals surface area contributed by atoms with Gasteiger partial charge in [0.2, 0.25) is 0 Å². The lowest BCUT2D eigenvalue weighted by atomic mass is 9.97. The van der Waals surface area contributed by atoms with Crippen molar-refractivity contribution in [1.29, 1.82) is 0 Å². The number of Topliss-reactive ketones (excluding diaryl/α,β-unsaturated/α-hetero) is 1. The molecule has 1 heterocycles. The summed E-state index contributed by atoms with van der Waals surface area (Å²) in [7, 11) is 0. The number of hydrogen-bond acceptors (Lipinski definition) is 3. The van der Waals surface area contributed by atoms with Crippen molar-refractivity contribution in [2.45, 2.75) is 13.0 Å². The van der Waals surface area contributed by atoms with Crippen molar-refractivity contribution in [2.75, 3.05) is 13.1 Å². The van der Waals surface area contributed by atoms with Gasteiger partial charge in [0.25, 0.3) is 5.91 Å². The van der Waals surface area contributed by atoms with Crippen LogP contribution in [0.25, 0.3) is 0 Å². The van der Waals surface area contributed by atoms with Crippen molar-refractivity contribution >= 4 is 11.7 Å². The number of nitrogens with zero attached hydrogens (tertiary/aromatic N) is 1. The van der Waals surface area contributed by atoms with Gasteiger partial charge in [0.1, 0.15) is 0 Å². The van der Waals surface area contributed by atoms with E-state index >= 15 is 0 Å². The number of hydrogen-bond donors (Lipinski definition) is 2. The maximum atomic E-state index is 12.0. The van der Waals surface area contributed by atoms with Gasteiger partial charge in [-0.25, -0.2) is 0 Å². The molecule has 0 unspecified atom stereocenters. The van der Waals surface area contributed by atoms with Crippen molar-refractivity contribution in [3.63, 3.8) is 0 Å². The molecular weight excluding hydrogens is 244 g/mol. The van der Waals surface area contributed by atoms with E-state index in [0.29, 0.717) is 13.1 Å². The van der Waals surface area contributed by atoms with E-state index < -0.39 is 17.7 Å². The van der Waals surface area contributed by atoms with Crippen molar-refractivity contribution in [2.24, 2.45) is 0 Å². The number of ketones is 1. The van der Waals surface area contributed by atoms with Gasteiger partial charge in [0, 0.05) is 0 Å². The highest BCUT2D eigenvalue weighted by atomic mass is 16.3. The number of aliphatic hydroxyl groups is 1. The van der Waals surface area contributed by atoms with Gasteiger partial charge in [-0.3, -0.25) is 9.59 Å². The van der Waals surface area contributed by atoms with Crippen LogP contribution in [0.5, 0.6) is 0 Å². The molecule has 0 aliphatic carbocycles. The minimum atomic E-state index is -0.507. The van der Waals surface area contributed by atoms with Gasteiger partial charge >= 0.3 is 0 Å². The molecule has 5 nitrogen and oxygen atoms in total. The highest BCUT2D eigenvalue weighted by Gasteiger charge is 2.41. The number of carbonyl (C=O) groups excluding carboxylic acids is 2. The molecule has 1 aromatic carbocycles. The number of quaternary nitrogens is 1. The Morgan fingerprint density at radius 2 is 2.00 bits per heavy atom. The second-order valence-corrected chi connectivity index (χ2v) is 4.48. The Labute approximate surface area is 111 Å². The molecular formula is C14H17N2O3+. The molecule has 4 N–H and O–H groups in total. The molecule has 1 aromatic rings. The summed E-state index contributed by atoms with van der Waals surface area (Å²) >= 11 is 0. The van der Waals surface area contributed by atoms with Crippen molar-refractivity contribution in [3.05, 3.63) is 47.2 Å². The van der Waals surface area contributed by atoms with Crippen LogP contribution in [0.3, 0.4) is 0 Å². The number of aliphatic hydroxyl groups excluding tert-OH is 1. The van der Waals surface area contributed by atoms with Crippen LogP contribution >= 0.6 is 0 Å². The van der Waals surface area contributed by atoms with Crippen LogP contribution < -0.4 is 5.73 Å². The standard InChI is InChI=1S/C14H16N2O3/c1-9(17)11-12(10-5-3-2-4-6-10)16(8-7-15)14(19)13(11)18/h2-6,12,18H,7-8,15H2,1H3/p+1/t12-/m0/s1. The van der Waals surface area contributed by atoms with E-state index in [1.165, 1.54) is 11.8 Å². The van der Waals surface area contributed by atoms with Crippen molar-refractivity contribution in [3.8, 4) is 0 Å². The molecule has 1 aliphatic heterocycles. The average Bonchev–Trinajstić information content (AvgIpc) is 2.65. The first kappa shape index (κ1) is 13.3. The predicted molar refractivity (Wildman–Crippen MR) is 69.0 cm³/mol. The zero-order valence-electron chi connectivity index (χ0n) is 10.8. The zero-order valence-corrected chi connectivity index (χ0v) is 10.8. The molecule has 0 aromatic heterocycles. The van der Waals surface area contributed by atoms with E-state index in [9.17, 15) is 14.7 Å². The van der Waals surface area contributed by atoms with Gasteiger partial charge in [-0.15, -0.1) is 0 Å². The second-order valence-electron chi connectivity index (χ2n) is 4.48. The smallest absolute Gasteiger partial charge is 0.290 e. The molecule has 0 saturated carbocycles. The summed E-state index contributed by atoms with van der Waals surface area (Å²) in [6.45, 7) is 2.29. The summed E-state index contributed by atoms with van der Waals surface area (Å²) < 4.78 is 0. The maximum absolute atomic E-state index is 12.0. The molecule has 5 heteroatoms. The molecule has 0 radical (unpaired) electrons. The zero-order chi connectivity index (χ0) is 14.0. The van der Waals surface area contributed by atoms with Crippen LogP contribution in [0.2, 0.25) is 0 Å². The molecule has 1 amide bonds. The van der Waals surface area contributed by atoms with E-state index in [-0.39, 0.29) is 11.4 Å². The Bertz CT molecular complexity index is 537. The predicted octanol–water partition coefficient (Wildman–Crippen LogP) is 0.213. The summed E-state index contributed by atoms with van der Waals surface area (Å²) in [6, 6.07) is 8.73. The van der Waals surface area contributed by atoms with Gasteiger partial charge in [-0.2, -0.15) is 0 Å². The van der Waals surface area contributed by atoms with Crippen LogP contribution in [0.1, 0.15) is 18.5 Å². The molecule has 0 fully saturated rings. The topological polar surface area (TPSA) is 85.2 Å². The van der Waals surface area contributed by atoms with Crippen LogP contribution in [-0.4, -0.2) is 34.8 Å². The fourth-order valence-electron chi connectivity index (χ4n) is 2.40. The summed E-state index contributed by atoms with van der Waals surface area (Å²) in [5, 5.41) is 9.90. The van der Waals surface area contributed by atoms with Gasteiger partial charge < -0.3 is 15.7 Å². The van der Waals surface area contributed by atoms with Crippen LogP contribution in [0.15, 0.2) is 41.7 Å². The van der Waals surface area contributed by atoms with E-state index in [1.54, 1.807) is 0 Å². The third kappa shape index (κ3) is 2.24. The molecule has 0 bridgehead atoms. The summed E-state index contributed by atoms with van der Waals surface area (Å²) in [5.41, 5.74) is 4.72. The summed E-state index contributed by atoms with van der Waals surface area (Å²) in [5.74, 6) is -1.22. The first-order valence-electron chi connectivity index (χ1n) is 6.17. The molecule has 0 spiro atoms. The van der Waals surface area contributed by atoms with Gasteiger partial charge in [-0.1, -0.05) is 30.3 Å². The lowest BCUT2D eigenvalue weighted by Crippen LogP contribution is -2.55. The first-order chi connectivity index (χ1) is 9.07. The molecule has 0 saturated heterocycles. The first-order valence-corrected chi connectivity index (χ1v) is 6.17. The lowest BCUT2D eigenvalue weighted by molar-refractivity contribution is -0.368. The summed E-state index contributed by atoms with van der Waals surface area (Å²) in [6.07, 6.45) is 0. The molecule has 19 heavy (non-hydrogen) atoms. The molecule has 1 aliphatic rings. The van der Waals surface area contributed by atoms with Gasteiger partial charge in [0.05, 0.1) is 24.7 Å². The number of benzene rings is 1. The fraction of sp³-hybridized carbons (Fsp3) is 0.286. The number of amides is 1. The Morgan fingerprint density at radius 3 is 2.53 bits per heavy atom. The number of carbonyl (C=O) groups is 2. The highest BCUT2D eigenvalue weighted by molar-refractivity contribution is 6.08. The maximum Gasteiger partial charge on any atom is 0.290 e. The minimum Gasteiger partial charge on any atom is -0.503 e. The average molecular weight is 261 g/mol. The highest BCUT2D eigenvalue weighted by Crippen LogP contribution is 2.36. The van der Waals surface area contributed by atoms with Gasteiger partial charge in [0.15, 0.2) is 11.5 Å². The SMILES string of the molecule is CC(=O)C1=C(O)C(=O)N(CC[NH3+])[C@H]1c1ccccc1. The Hall–Kier alpha value is -2.14. The van der Waals surface area contributed by atoms with E-state index in [2.05, 4.69) is 5.73 Å². The van der Waals surface area contributed by atoms with E-state index in [0.717, 1.165) is 5.56 Å². The Kier molecular flexibility index (Phi) is 3.66. The van der Waals surface area contributed by atoms with E-state index in [4.69, 9.17) is 0 Å². The minimum absolute atomic E-state index is 0.171. The normalized spacial score (nSPS) is 19.2. The van der Waals surface area contributed by atoms with Gasteiger partial charge in [-0.05, 0) is 12.5 Å². The second kappa shape index (κ2) is 5.24. The molecule has 2 rings (SSSR count). The third-order valence-corrected chi connectivity index (χ3v) is 3.20. The van der Waals surface area contributed by atoms with Crippen LogP contribution in [0, 0.1) is 0 Å². The quantitative estimate of drug-likeness (QED) is 0.812. The lowest BCUT2D eigenvalue weighted by Gasteiger charge is -2.25. The fourth-order valence-corrected chi connectivity index (χ4v) is 2.40. The van der Waals surface area contributed by atoms with Crippen LogP contribution in [-0.2, 0) is 9.59 Å². The Balaban J connectivity index is 2.51. The molecule has 1 atom stereocenters. The van der Waals surface area contributed by atoms with Crippen molar-refractivity contribution < 1.29 is 20.4 Å². The number of rotatable bonds is 4. The largest absolute Gasteiger partial charge is 0.503 e. The summed E-state index contributed by atoms with van der Waals surface area (Å²) in [4.78, 5) is 25.2. The molecule has 100 valence electrons. The van der Waals surface area contributed by atoms with E-state index in [1.807, 2.05) is 30.3 Å². The Morgan fingerprint density at radius 1 is 1.37 bits per heavy atom. The third-order valence-electron chi connectivity index (χ3n) is 3.20. The monoisotopic (exact) mass is 261 g/mol. The van der Waals surface area contributed by atoms with Crippen LogP contribution in [0.4, 0.5) is 0 Å².